The van der Waals surface area contributed by atoms with Crippen LogP contribution in [0, 0.1) is 13.8 Å². The molecule has 0 fully saturated rings. The molecule has 0 saturated heterocycles. The number of methoxy groups -OCH3 is 1. The molecule has 2 aromatic carbocycles. The van der Waals surface area contributed by atoms with Crippen molar-refractivity contribution in [1.82, 2.24) is 0 Å². The normalized spacial score (nSPS) is 13.9. The first-order valence-corrected chi connectivity index (χ1v) is 7.36. The summed E-state index contributed by atoms with van der Waals surface area (Å²) in [6.45, 7) is 6.16. The van der Waals surface area contributed by atoms with Gasteiger partial charge in [0, 0.05) is 10.0 Å². The van der Waals surface area contributed by atoms with Crippen LogP contribution in [0.4, 0.5) is 0 Å². The Hall–Kier alpha value is -1.32. The lowest BCUT2D eigenvalue weighted by atomic mass is 9.82. The minimum Gasteiger partial charge on any atom is -0.496 e. The van der Waals surface area contributed by atoms with Crippen LogP contribution in [0.5, 0.6) is 5.75 Å². The summed E-state index contributed by atoms with van der Waals surface area (Å²) in [4.78, 5) is 0. The summed E-state index contributed by atoms with van der Waals surface area (Å²) >= 11 is 3.51. The Kier molecular flexibility index (Phi) is 4.21. The SMILES string of the molecule is COc1cc(C)cc(C)c1C(C)(N)c1cccc(Br)c1. The van der Waals surface area contributed by atoms with Crippen LogP contribution in [-0.2, 0) is 5.54 Å². The van der Waals surface area contributed by atoms with Gasteiger partial charge in [-0.25, -0.2) is 0 Å². The van der Waals surface area contributed by atoms with Crippen molar-refractivity contribution in [2.45, 2.75) is 26.3 Å². The van der Waals surface area contributed by atoms with Crippen molar-refractivity contribution in [2.75, 3.05) is 7.11 Å². The van der Waals surface area contributed by atoms with E-state index in [1.165, 1.54) is 5.56 Å². The average Bonchev–Trinajstić information content (AvgIpc) is 2.37. The highest BCUT2D eigenvalue weighted by Crippen LogP contribution is 2.37. The molecule has 20 heavy (non-hydrogen) atoms. The number of hydrogen-bond donors (Lipinski definition) is 1. The summed E-state index contributed by atoms with van der Waals surface area (Å²) < 4.78 is 6.58. The molecule has 2 aromatic rings. The lowest BCUT2D eigenvalue weighted by Gasteiger charge is -2.30. The molecule has 2 N–H and O–H groups in total. The maximum atomic E-state index is 6.65. The Bertz CT molecular complexity index is 635. The Morgan fingerprint density at radius 1 is 1.15 bits per heavy atom. The molecule has 0 spiro atoms. The number of ether oxygens (including phenoxy) is 1. The number of nitrogens with two attached hydrogens (primary N) is 1. The molecule has 0 radical (unpaired) electrons. The van der Waals surface area contributed by atoms with Crippen molar-refractivity contribution in [3.8, 4) is 5.75 Å². The smallest absolute Gasteiger partial charge is 0.124 e. The second-order valence-electron chi connectivity index (χ2n) is 5.37. The first-order chi connectivity index (χ1) is 9.36. The van der Waals surface area contributed by atoms with E-state index in [1.807, 2.05) is 31.2 Å². The van der Waals surface area contributed by atoms with Gasteiger partial charge < -0.3 is 10.5 Å². The molecule has 1 unspecified atom stereocenters. The highest BCUT2D eigenvalue weighted by Gasteiger charge is 2.29. The van der Waals surface area contributed by atoms with Crippen LogP contribution in [0.15, 0.2) is 40.9 Å². The van der Waals surface area contributed by atoms with Crippen molar-refractivity contribution in [2.24, 2.45) is 5.73 Å². The van der Waals surface area contributed by atoms with Gasteiger partial charge in [0.05, 0.1) is 12.6 Å². The molecule has 1 atom stereocenters. The van der Waals surface area contributed by atoms with Gasteiger partial charge in [0.15, 0.2) is 0 Å². The number of halogens is 1. The van der Waals surface area contributed by atoms with Gasteiger partial charge in [0.1, 0.15) is 5.75 Å². The van der Waals surface area contributed by atoms with Gasteiger partial charge in [-0.05, 0) is 55.7 Å². The molecule has 0 aliphatic rings. The van der Waals surface area contributed by atoms with E-state index in [1.54, 1.807) is 7.11 Å². The van der Waals surface area contributed by atoms with Gasteiger partial charge in [-0.15, -0.1) is 0 Å². The van der Waals surface area contributed by atoms with Crippen molar-refractivity contribution in [3.05, 3.63) is 63.1 Å². The molecule has 2 rings (SSSR count). The largest absolute Gasteiger partial charge is 0.496 e. The van der Waals surface area contributed by atoms with E-state index in [2.05, 4.69) is 41.9 Å². The van der Waals surface area contributed by atoms with Crippen molar-refractivity contribution >= 4 is 15.9 Å². The molecule has 0 aromatic heterocycles. The zero-order chi connectivity index (χ0) is 14.9. The summed E-state index contributed by atoms with van der Waals surface area (Å²) in [5.41, 5.74) is 10.5. The second-order valence-corrected chi connectivity index (χ2v) is 6.29. The van der Waals surface area contributed by atoms with E-state index in [-0.39, 0.29) is 0 Å². The number of benzene rings is 2. The maximum Gasteiger partial charge on any atom is 0.124 e. The van der Waals surface area contributed by atoms with Crippen LogP contribution < -0.4 is 10.5 Å². The van der Waals surface area contributed by atoms with Crippen LogP contribution in [0.3, 0.4) is 0 Å². The van der Waals surface area contributed by atoms with E-state index >= 15 is 0 Å². The van der Waals surface area contributed by atoms with Gasteiger partial charge in [-0.3, -0.25) is 0 Å². The number of hydrogen-bond acceptors (Lipinski definition) is 2. The fourth-order valence-corrected chi connectivity index (χ4v) is 3.11. The van der Waals surface area contributed by atoms with E-state index in [0.29, 0.717) is 0 Å². The van der Waals surface area contributed by atoms with E-state index < -0.39 is 5.54 Å². The molecule has 0 heterocycles. The van der Waals surface area contributed by atoms with Crippen LogP contribution in [0.2, 0.25) is 0 Å². The van der Waals surface area contributed by atoms with Gasteiger partial charge in [0.25, 0.3) is 0 Å². The Balaban J connectivity index is 2.65. The van der Waals surface area contributed by atoms with Crippen LogP contribution in [-0.4, -0.2) is 7.11 Å². The van der Waals surface area contributed by atoms with Crippen LogP contribution in [0.1, 0.15) is 29.2 Å². The van der Waals surface area contributed by atoms with Crippen molar-refractivity contribution in [3.63, 3.8) is 0 Å². The number of aryl methyl sites for hydroxylation is 2. The van der Waals surface area contributed by atoms with E-state index in [0.717, 1.165) is 26.9 Å². The zero-order valence-electron chi connectivity index (χ0n) is 12.3. The van der Waals surface area contributed by atoms with Crippen molar-refractivity contribution in [1.29, 1.82) is 0 Å². The van der Waals surface area contributed by atoms with E-state index in [9.17, 15) is 0 Å². The Morgan fingerprint density at radius 3 is 2.45 bits per heavy atom. The monoisotopic (exact) mass is 333 g/mol. The topological polar surface area (TPSA) is 35.2 Å². The van der Waals surface area contributed by atoms with Crippen LogP contribution >= 0.6 is 15.9 Å². The maximum absolute atomic E-state index is 6.65. The summed E-state index contributed by atoms with van der Waals surface area (Å²) in [5, 5.41) is 0. The van der Waals surface area contributed by atoms with Gasteiger partial charge in [-0.2, -0.15) is 0 Å². The average molecular weight is 334 g/mol. The van der Waals surface area contributed by atoms with E-state index in [4.69, 9.17) is 10.5 Å². The first kappa shape index (κ1) is 15.1. The third-order valence-corrected chi connectivity index (χ3v) is 4.10. The summed E-state index contributed by atoms with van der Waals surface area (Å²) in [6, 6.07) is 12.3. The second kappa shape index (κ2) is 5.58. The molecule has 0 amide bonds. The standard InChI is InChI=1S/C17H20BrNO/c1-11-8-12(2)16(15(9-11)20-4)17(3,19)13-6-5-7-14(18)10-13/h5-10H,19H2,1-4H3. The molecule has 0 aliphatic carbocycles. The molecule has 0 bridgehead atoms. The summed E-state index contributed by atoms with van der Waals surface area (Å²) in [6.07, 6.45) is 0. The molecule has 2 nitrogen and oxygen atoms in total. The molecule has 0 aliphatic heterocycles. The molecule has 3 heteroatoms. The molecular weight excluding hydrogens is 314 g/mol. The summed E-state index contributed by atoms with van der Waals surface area (Å²) in [5.74, 6) is 0.840. The highest BCUT2D eigenvalue weighted by atomic mass is 79.9. The minimum atomic E-state index is -0.604. The Morgan fingerprint density at radius 2 is 1.85 bits per heavy atom. The lowest BCUT2D eigenvalue weighted by molar-refractivity contribution is 0.397. The predicted molar refractivity (Wildman–Crippen MR) is 87.3 cm³/mol. The Labute approximate surface area is 129 Å². The lowest BCUT2D eigenvalue weighted by Crippen LogP contribution is -2.35. The fraction of sp³-hybridized carbons (Fsp3) is 0.294. The quantitative estimate of drug-likeness (QED) is 0.908. The van der Waals surface area contributed by atoms with Crippen LogP contribution in [0.25, 0.3) is 0 Å². The minimum absolute atomic E-state index is 0.604. The van der Waals surface area contributed by atoms with Gasteiger partial charge in [-0.1, -0.05) is 34.1 Å². The summed E-state index contributed by atoms with van der Waals surface area (Å²) in [7, 11) is 1.69. The fourth-order valence-electron chi connectivity index (χ4n) is 2.71. The number of rotatable bonds is 3. The third-order valence-electron chi connectivity index (χ3n) is 3.61. The van der Waals surface area contributed by atoms with Crippen molar-refractivity contribution < 1.29 is 4.74 Å². The molecular formula is C17H20BrNO. The first-order valence-electron chi connectivity index (χ1n) is 6.57. The highest BCUT2D eigenvalue weighted by molar-refractivity contribution is 9.10. The zero-order valence-corrected chi connectivity index (χ0v) is 13.9. The predicted octanol–water partition coefficient (Wildman–Crippen LogP) is 4.30. The van der Waals surface area contributed by atoms with Gasteiger partial charge >= 0.3 is 0 Å². The third kappa shape index (κ3) is 2.74. The molecule has 106 valence electrons. The van der Waals surface area contributed by atoms with Gasteiger partial charge in [0.2, 0.25) is 0 Å². The molecule has 0 saturated carbocycles.